The summed E-state index contributed by atoms with van der Waals surface area (Å²) in [4.78, 5) is 31.2. The van der Waals surface area contributed by atoms with Gasteiger partial charge >= 0.3 is 5.91 Å². The number of amides is 1. The molecule has 0 radical (unpaired) electrons. The number of primary amides is 1. The van der Waals surface area contributed by atoms with Gasteiger partial charge in [-0.25, -0.2) is 10.1 Å². The van der Waals surface area contributed by atoms with Gasteiger partial charge in [0.05, 0.1) is 0 Å². The lowest BCUT2D eigenvalue weighted by molar-refractivity contribution is -0.464. The largest absolute Gasteiger partial charge is 0.353 e. The lowest BCUT2D eigenvalue weighted by atomic mass is 10.0. The fraction of sp³-hybridized carbons (Fsp3) is 0.150. The maximum absolute atomic E-state index is 12.5. The van der Waals surface area contributed by atoms with Gasteiger partial charge in [0.25, 0.3) is 5.56 Å². The van der Waals surface area contributed by atoms with E-state index in [4.69, 9.17) is 0 Å². The summed E-state index contributed by atoms with van der Waals surface area (Å²) in [5.41, 5.74) is 3.39. The monoisotopic (exact) mass is 334 g/mol. The molecule has 1 aromatic carbocycles. The molecule has 0 aliphatic heterocycles. The molecule has 5 heteroatoms. The summed E-state index contributed by atoms with van der Waals surface area (Å²) in [6.07, 6.45) is 4.94. The number of carbonyl (C=O) groups excluding carboxylic acids is 1. The Bertz CT molecular complexity index is 929. The quantitative estimate of drug-likeness (QED) is 0.720. The van der Waals surface area contributed by atoms with Gasteiger partial charge in [-0.15, -0.1) is 0 Å². The molecule has 0 spiro atoms. The number of nitrogens with one attached hydrogen (secondary N) is 1. The van der Waals surface area contributed by atoms with E-state index in [1.807, 2.05) is 36.4 Å². The number of H-pyrrole nitrogens is 1. The molecule has 0 saturated carbocycles. The molecule has 1 amide bonds. The number of hydrogen-bond donors (Lipinski definition) is 2. The first-order valence-corrected chi connectivity index (χ1v) is 8.17. The molecule has 3 N–H and O–H groups in total. The van der Waals surface area contributed by atoms with Gasteiger partial charge < -0.3 is 4.98 Å². The van der Waals surface area contributed by atoms with Crippen LogP contribution in [0.15, 0.2) is 65.8 Å². The molecule has 3 aromatic rings. The van der Waals surface area contributed by atoms with Gasteiger partial charge in [0.15, 0.2) is 0 Å². The summed E-state index contributed by atoms with van der Waals surface area (Å²) >= 11 is 0. The molecule has 2 heterocycles. The van der Waals surface area contributed by atoms with Crippen molar-refractivity contribution >= 4 is 11.6 Å². The second-order valence-electron chi connectivity index (χ2n) is 6.20. The maximum Gasteiger partial charge on any atom is 0.353 e. The fourth-order valence-corrected chi connectivity index (χ4v) is 2.58. The number of rotatable bonds is 4. The third kappa shape index (κ3) is 3.89. The Morgan fingerprint density at radius 2 is 1.72 bits per heavy atom. The maximum atomic E-state index is 12.5. The summed E-state index contributed by atoms with van der Waals surface area (Å²) in [7, 11) is 0. The minimum Gasteiger partial charge on any atom is -0.328 e. The van der Waals surface area contributed by atoms with Gasteiger partial charge in [-0.3, -0.25) is 9.78 Å². The molecule has 0 aliphatic carbocycles. The predicted octanol–water partition coefficient (Wildman–Crippen LogP) is 2.60. The molecule has 25 heavy (non-hydrogen) atoms. The van der Waals surface area contributed by atoms with E-state index in [9.17, 15) is 9.59 Å². The molecular weight excluding hydrogens is 314 g/mol. The Balaban J connectivity index is 1.85. The second-order valence-corrected chi connectivity index (χ2v) is 6.20. The summed E-state index contributed by atoms with van der Waals surface area (Å²) in [6.45, 7) is 4.24. The zero-order chi connectivity index (χ0) is 17.8. The molecule has 0 bridgehead atoms. The summed E-state index contributed by atoms with van der Waals surface area (Å²) in [6, 6.07) is 13.1. The van der Waals surface area contributed by atoms with Crippen molar-refractivity contribution in [3.8, 4) is 11.1 Å². The number of pyridine rings is 2. The molecule has 0 fully saturated rings. The molecule has 2 aromatic heterocycles. The van der Waals surface area contributed by atoms with E-state index >= 15 is 0 Å². The Hall–Kier alpha value is -3.05. The van der Waals surface area contributed by atoms with E-state index in [0.29, 0.717) is 5.92 Å². The number of nitrogens with two attached hydrogens (primary N) is 1. The number of nitrogens with zero attached hydrogens (tertiary/aromatic N) is 1. The third-order valence-electron chi connectivity index (χ3n) is 4.08. The van der Waals surface area contributed by atoms with Crippen molar-refractivity contribution in [2.75, 3.05) is 0 Å². The predicted molar refractivity (Wildman–Crippen MR) is 96.7 cm³/mol. The fourth-order valence-electron chi connectivity index (χ4n) is 2.58. The Labute approximate surface area is 145 Å². The van der Waals surface area contributed by atoms with E-state index in [1.165, 1.54) is 10.9 Å². The zero-order valence-electron chi connectivity index (χ0n) is 14.2. The van der Waals surface area contributed by atoms with E-state index < -0.39 is 5.56 Å². The first-order valence-electron chi connectivity index (χ1n) is 8.17. The van der Waals surface area contributed by atoms with Crippen LogP contribution in [0.4, 0.5) is 5.69 Å². The van der Waals surface area contributed by atoms with Crippen molar-refractivity contribution in [1.29, 1.82) is 0 Å². The standard InChI is InChI=1S/C20H19N3O2/c1-13(2)14-3-5-17(6-4-14)23-20(25)18-11-16(12-22-19(18)24)15-7-9-21-10-8-15/h3-13H,1-2H3,(H,22,24)(H,23,25)/p+1. The highest BCUT2D eigenvalue weighted by molar-refractivity contribution is 5.88. The van der Waals surface area contributed by atoms with E-state index in [1.54, 1.807) is 24.7 Å². The molecule has 0 atom stereocenters. The highest BCUT2D eigenvalue weighted by Gasteiger charge is 2.17. The average molecular weight is 334 g/mol. The van der Waals surface area contributed by atoms with Crippen LogP contribution in [-0.4, -0.2) is 15.9 Å². The van der Waals surface area contributed by atoms with E-state index in [-0.39, 0.29) is 11.5 Å². The Kier molecular flexibility index (Phi) is 4.86. The second kappa shape index (κ2) is 7.23. The highest BCUT2D eigenvalue weighted by Crippen LogP contribution is 2.17. The molecule has 0 aliphatic rings. The third-order valence-corrected chi connectivity index (χ3v) is 4.08. The molecular formula is C20H20N3O2+. The molecule has 0 saturated heterocycles. The van der Waals surface area contributed by atoms with Crippen molar-refractivity contribution in [1.82, 2.24) is 9.97 Å². The van der Waals surface area contributed by atoms with Crippen molar-refractivity contribution < 1.29 is 10.1 Å². The number of carbonyl (C=O) groups is 1. The van der Waals surface area contributed by atoms with Crippen molar-refractivity contribution in [3.05, 3.63) is 82.5 Å². The van der Waals surface area contributed by atoms with Gasteiger partial charge in [0.2, 0.25) is 0 Å². The van der Waals surface area contributed by atoms with Gasteiger partial charge in [-0.2, -0.15) is 0 Å². The summed E-state index contributed by atoms with van der Waals surface area (Å²) in [5.74, 6) is 0.124. The van der Waals surface area contributed by atoms with Crippen molar-refractivity contribution in [2.24, 2.45) is 0 Å². The number of quaternary nitrogens is 1. The van der Waals surface area contributed by atoms with Crippen molar-refractivity contribution in [3.63, 3.8) is 0 Å². The molecule has 5 nitrogen and oxygen atoms in total. The number of aromatic nitrogens is 2. The first-order chi connectivity index (χ1) is 12.0. The zero-order valence-corrected chi connectivity index (χ0v) is 14.2. The molecule has 0 unspecified atom stereocenters. The summed E-state index contributed by atoms with van der Waals surface area (Å²) in [5, 5.41) is 1.49. The van der Waals surface area contributed by atoms with Crippen LogP contribution in [0.1, 0.15) is 35.7 Å². The SMILES string of the molecule is CC(C)c1ccc([NH2+]C(=O)c2cc(-c3ccncc3)c[nH]c2=O)cc1. The van der Waals surface area contributed by atoms with Crippen LogP contribution in [0, 0.1) is 0 Å². The lowest BCUT2D eigenvalue weighted by Crippen LogP contribution is -2.82. The number of aromatic amines is 1. The lowest BCUT2D eigenvalue weighted by Gasteiger charge is -2.06. The van der Waals surface area contributed by atoms with Crippen LogP contribution in [0.2, 0.25) is 0 Å². The minimum atomic E-state index is -0.391. The van der Waals surface area contributed by atoms with Crippen LogP contribution >= 0.6 is 0 Å². The minimum absolute atomic E-state index is 0.127. The van der Waals surface area contributed by atoms with Gasteiger partial charge in [0.1, 0.15) is 11.3 Å². The average Bonchev–Trinajstić information content (AvgIpc) is 2.63. The van der Waals surface area contributed by atoms with Crippen LogP contribution in [0.3, 0.4) is 0 Å². The normalized spacial score (nSPS) is 10.8. The highest BCUT2D eigenvalue weighted by atomic mass is 16.2. The van der Waals surface area contributed by atoms with Crippen LogP contribution in [-0.2, 0) is 0 Å². The Morgan fingerprint density at radius 3 is 2.36 bits per heavy atom. The first kappa shape index (κ1) is 16.8. The topological polar surface area (TPSA) is 79.4 Å². The van der Waals surface area contributed by atoms with Gasteiger partial charge in [-0.05, 0) is 52.9 Å². The van der Waals surface area contributed by atoms with Crippen LogP contribution < -0.4 is 10.9 Å². The molecule has 3 rings (SSSR count). The van der Waals surface area contributed by atoms with Crippen molar-refractivity contribution in [2.45, 2.75) is 19.8 Å². The number of hydrogen-bond acceptors (Lipinski definition) is 3. The van der Waals surface area contributed by atoms with Crippen LogP contribution in [0.5, 0.6) is 0 Å². The van der Waals surface area contributed by atoms with Gasteiger partial charge in [0, 0.05) is 18.6 Å². The number of benzene rings is 1. The van der Waals surface area contributed by atoms with E-state index in [2.05, 4.69) is 23.8 Å². The van der Waals surface area contributed by atoms with E-state index in [0.717, 1.165) is 16.8 Å². The smallest absolute Gasteiger partial charge is 0.328 e. The van der Waals surface area contributed by atoms with Gasteiger partial charge in [-0.1, -0.05) is 26.0 Å². The Morgan fingerprint density at radius 1 is 1.04 bits per heavy atom. The van der Waals surface area contributed by atoms with Crippen LogP contribution in [0.25, 0.3) is 11.1 Å². The summed E-state index contributed by atoms with van der Waals surface area (Å²) < 4.78 is 0. The molecule has 126 valence electrons.